The Morgan fingerprint density at radius 3 is 1.92 bits per heavy atom. The van der Waals surface area contributed by atoms with Crippen molar-refractivity contribution in [1.82, 2.24) is 5.32 Å². The lowest BCUT2D eigenvalue weighted by Crippen LogP contribution is -1.97. The van der Waals surface area contributed by atoms with E-state index in [2.05, 4.69) is 36.2 Å². The van der Waals surface area contributed by atoms with Gasteiger partial charge in [-0.15, -0.1) is 0 Å². The monoisotopic (exact) mass is 382 g/mol. The number of hydrogen-bond acceptors (Lipinski definition) is 4. The Morgan fingerprint density at radius 1 is 0.583 bits per heavy atom. The molecule has 0 saturated carbocycles. The number of rotatable bonds is 0. The Kier molecular flexibility index (Phi) is 12.1. The van der Waals surface area contributed by atoms with E-state index in [1.165, 1.54) is 0 Å². The maximum atomic E-state index is 4.12. The second-order valence-electron chi connectivity index (χ2n) is 4.09. The summed E-state index contributed by atoms with van der Waals surface area (Å²) >= 11 is 3.39. The van der Waals surface area contributed by atoms with E-state index in [4.69, 9.17) is 0 Å². The Hall–Kier alpha value is -2.79. The first-order valence-electron chi connectivity index (χ1n) is 7.23. The van der Waals surface area contributed by atoms with Crippen molar-refractivity contribution >= 4 is 34.6 Å². The van der Waals surface area contributed by atoms with Gasteiger partial charge in [-0.1, -0.05) is 30.4 Å². The van der Waals surface area contributed by atoms with Crippen LogP contribution in [0.1, 0.15) is 0 Å². The molecule has 122 valence electrons. The van der Waals surface area contributed by atoms with E-state index in [9.17, 15) is 0 Å². The van der Waals surface area contributed by atoms with Gasteiger partial charge in [0, 0.05) is 43.4 Å². The molecule has 24 heavy (non-hydrogen) atoms. The highest BCUT2D eigenvalue weighted by atomic mass is 79.9. The van der Waals surface area contributed by atoms with E-state index in [1.54, 1.807) is 43.3 Å². The lowest BCUT2D eigenvalue weighted by molar-refractivity contribution is 1.18. The molecule has 0 amide bonds. The van der Waals surface area contributed by atoms with Gasteiger partial charge in [-0.2, -0.15) is 0 Å². The van der Waals surface area contributed by atoms with Crippen LogP contribution in [0.2, 0.25) is 0 Å². The van der Waals surface area contributed by atoms with Crippen LogP contribution in [0.5, 0.6) is 0 Å². The van der Waals surface area contributed by atoms with E-state index in [1.807, 2.05) is 67.0 Å². The van der Waals surface area contributed by atoms with Gasteiger partial charge in [-0.25, -0.2) is 0 Å². The molecule has 0 radical (unpaired) electrons. The van der Waals surface area contributed by atoms with Gasteiger partial charge in [-0.05, 0) is 52.4 Å². The molecule has 1 rings (SSSR count). The minimum atomic E-state index is 0.812. The van der Waals surface area contributed by atoms with Gasteiger partial charge in [0.15, 0.2) is 0 Å². The van der Waals surface area contributed by atoms with Gasteiger partial charge in [-0.3, -0.25) is 15.0 Å². The first-order valence-corrected chi connectivity index (χ1v) is 8.03. The molecule has 0 aliphatic carbocycles. The molecule has 0 spiro atoms. The van der Waals surface area contributed by atoms with Crippen LogP contribution in [0, 0.1) is 0 Å². The number of nitrogens with one attached hydrogen (secondary N) is 1. The molecule has 1 aliphatic rings. The van der Waals surface area contributed by atoms with Crippen LogP contribution in [0.25, 0.3) is 0 Å². The van der Waals surface area contributed by atoms with Crippen LogP contribution in [0.3, 0.4) is 0 Å². The fourth-order valence-corrected chi connectivity index (χ4v) is 1.50. The van der Waals surface area contributed by atoms with Gasteiger partial charge in [0.25, 0.3) is 0 Å². The summed E-state index contributed by atoms with van der Waals surface area (Å²) in [5, 5.41) is 3.06. The highest BCUT2D eigenvalue weighted by Crippen LogP contribution is 1.97. The number of nitrogens with zero attached hydrogens (tertiary/aromatic N) is 3. The van der Waals surface area contributed by atoms with Gasteiger partial charge in [0.05, 0.1) is 4.61 Å². The number of aliphatic imine (C=N–C) groups is 3. The SMILES string of the molecule is Br/C1=C/C=N/C=C\C=C/C=C\C=N\C=C/C=N\C=C/C=C\C=C/N1. The minimum absolute atomic E-state index is 0.812. The molecule has 0 aromatic rings. The zero-order valence-corrected chi connectivity index (χ0v) is 14.7. The van der Waals surface area contributed by atoms with Gasteiger partial charge < -0.3 is 5.32 Å². The standard InChI is InChI=1S/C19H19BrN4/c20-19-11-18-23-14-7-3-1-2-6-12-21-15-10-16-22-13-8-4-5-9-17-24-19/h1-18,24H/b3-1-,5-4-,6-2-,13-8-,14-7-,15-10-,17-9-,19-11-,21-12+,22-16-,23-18+. The van der Waals surface area contributed by atoms with Crippen molar-refractivity contribution in [1.29, 1.82) is 0 Å². The van der Waals surface area contributed by atoms with Crippen LogP contribution in [0.4, 0.5) is 0 Å². The van der Waals surface area contributed by atoms with Crippen molar-refractivity contribution in [2.75, 3.05) is 0 Å². The summed E-state index contributed by atoms with van der Waals surface area (Å²) in [7, 11) is 0. The first-order chi connectivity index (χ1) is 11.9. The molecular formula is C19H19BrN4. The summed E-state index contributed by atoms with van der Waals surface area (Å²) < 4.78 is 0.812. The van der Waals surface area contributed by atoms with Gasteiger partial charge in [0.1, 0.15) is 0 Å². The Bertz CT molecular complexity index is 669. The van der Waals surface area contributed by atoms with Crippen molar-refractivity contribution in [2.24, 2.45) is 15.0 Å². The molecule has 0 aromatic carbocycles. The average Bonchev–Trinajstić information content (AvgIpc) is 2.58. The van der Waals surface area contributed by atoms with Crippen molar-refractivity contribution in [3.8, 4) is 0 Å². The van der Waals surface area contributed by atoms with Crippen LogP contribution in [-0.4, -0.2) is 18.6 Å². The minimum Gasteiger partial charge on any atom is -0.356 e. The molecule has 0 aromatic heterocycles. The largest absolute Gasteiger partial charge is 0.356 e. The predicted octanol–water partition coefficient (Wildman–Crippen LogP) is 4.76. The molecule has 0 saturated heterocycles. The smallest absolute Gasteiger partial charge is 0.0834 e. The lowest BCUT2D eigenvalue weighted by atomic mass is 10.4. The third kappa shape index (κ3) is 12.9. The van der Waals surface area contributed by atoms with Crippen molar-refractivity contribution in [2.45, 2.75) is 0 Å². The number of halogens is 1. The van der Waals surface area contributed by atoms with E-state index < -0.39 is 0 Å². The molecule has 0 fully saturated rings. The maximum Gasteiger partial charge on any atom is 0.0834 e. The molecular weight excluding hydrogens is 364 g/mol. The first kappa shape index (κ1) is 19.3. The van der Waals surface area contributed by atoms with Gasteiger partial charge >= 0.3 is 0 Å². The lowest BCUT2D eigenvalue weighted by Gasteiger charge is -1.93. The summed E-state index contributed by atoms with van der Waals surface area (Å²) in [6, 6.07) is 0. The summed E-state index contributed by atoms with van der Waals surface area (Å²) in [6.45, 7) is 0. The van der Waals surface area contributed by atoms with Crippen LogP contribution in [0.15, 0.2) is 111 Å². The van der Waals surface area contributed by atoms with Crippen LogP contribution in [-0.2, 0) is 0 Å². The molecule has 1 heterocycles. The fraction of sp³-hybridized carbons (Fsp3) is 0. The molecule has 0 unspecified atom stereocenters. The third-order valence-corrected chi connectivity index (χ3v) is 2.76. The molecule has 5 heteroatoms. The van der Waals surface area contributed by atoms with Crippen LogP contribution < -0.4 is 5.32 Å². The summed E-state index contributed by atoms with van der Waals surface area (Å²) in [5.74, 6) is 0. The normalized spacial score (nSPS) is 31.8. The number of allylic oxidation sites excluding steroid dienone is 11. The van der Waals surface area contributed by atoms with Crippen LogP contribution >= 0.6 is 15.9 Å². The van der Waals surface area contributed by atoms with E-state index in [0.29, 0.717) is 0 Å². The highest BCUT2D eigenvalue weighted by Gasteiger charge is 1.81. The van der Waals surface area contributed by atoms with E-state index >= 15 is 0 Å². The Balaban J connectivity index is 2.71. The Labute approximate surface area is 151 Å². The summed E-state index contributed by atoms with van der Waals surface area (Å²) in [4.78, 5) is 12.3. The van der Waals surface area contributed by atoms with E-state index in [0.717, 1.165) is 4.61 Å². The second kappa shape index (κ2) is 15.1. The highest BCUT2D eigenvalue weighted by molar-refractivity contribution is 9.11. The Morgan fingerprint density at radius 2 is 1.12 bits per heavy atom. The van der Waals surface area contributed by atoms with Crippen molar-refractivity contribution in [3.05, 3.63) is 96.2 Å². The quantitative estimate of drug-likeness (QED) is 0.603. The van der Waals surface area contributed by atoms with Crippen molar-refractivity contribution in [3.63, 3.8) is 0 Å². The van der Waals surface area contributed by atoms with E-state index in [-0.39, 0.29) is 0 Å². The van der Waals surface area contributed by atoms with Crippen molar-refractivity contribution < 1.29 is 0 Å². The molecule has 0 atom stereocenters. The summed E-state index contributed by atoms with van der Waals surface area (Å²) in [6.07, 6.45) is 32.4. The topological polar surface area (TPSA) is 49.1 Å². The fourth-order valence-electron chi connectivity index (χ4n) is 1.25. The van der Waals surface area contributed by atoms with Gasteiger partial charge in [0.2, 0.25) is 0 Å². The molecule has 1 N–H and O–H groups in total. The summed E-state index contributed by atoms with van der Waals surface area (Å²) in [5.41, 5.74) is 0. The zero-order valence-electron chi connectivity index (χ0n) is 13.1. The third-order valence-electron chi connectivity index (χ3n) is 2.26. The zero-order chi connectivity index (χ0) is 17.1. The second-order valence-corrected chi connectivity index (χ2v) is 4.95. The predicted molar refractivity (Wildman–Crippen MR) is 110 cm³/mol. The number of hydrogen-bond donors (Lipinski definition) is 1. The molecule has 0 bridgehead atoms. The molecule has 1 aliphatic heterocycles. The molecule has 4 nitrogen and oxygen atoms in total. The maximum absolute atomic E-state index is 4.12. The average molecular weight is 383 g/mol.